The Labute approximate surface area is 110 Å². The van der Waals surface area contributed by atoms with Crippen LogP contribution in [0.3, 0.4) is 0 Å². The van der Waals surface area contributed by atoms with Gasteiger partial charge >= 0.3 is 5.63 Å². The highest BCUT2D eigenvalue weighted by atomic mass is 16.4. The van der Waals surface area contributed by atoms with Gasteiger partial charge in [0.15, 0.2) is 0 Å². The van der Waals surface area contributed by atoms with Gasteiger partial charge in [0, 0.05) is 10.8 Å². The highest BCUT2D eigenvalue weighted by molar-refractivity contribution is 6.06. The lowest BCUT2D eigenvalue weighted by Gasteiger charge is -2.07. The molecule has 0 saturated heterocycles. The van der Waals surface area contributed by atoms with Gasteiger partial charge in [-0.25, -0.2) is 4.79 Å². The van der Waals surface area contributed by atoms with Crippen LogP contribution in [0.5, 0.6) is 5.75 Å². The van der Waals surface area contributed by atoms with Crippen molar-refractivity contribution in [2.75, 3.05) is 0 Å². The van der Waals surface area contributed by atoms with Crippen LogP contribution in [0, 0.1) is 0 Å². The quantitative estimate of drug-likeness (QED) is 0.561. The lowest BCUT2D eigenvalue weighted by atomic mass is 10.0. The number of rotatable bonds is 2. The lowest BCUT2D eigenvalue weighted by Crippen LogP contribution is -2.01. The summed E-state index contributed by atoms with van der Waals surface area (Å²) >= 11 is 0. The number of aromatic hydroxyl groups is 1. The molecule has 96 valence electrons. The minimum atomic E-state index is -0.491. The van der Waals surface area contributed by atoms with Gasteiger partial charge < -0.3 is 9.52 Å². The molecule has 0 saturated carbocycles. The van der Waals surface area contributed by atoms with Gasteiger partial charge in [-0.3, -0.25) is 0 Å². The average molecular weight is 254 g/mol. The molecule has 0 aliphatic heterocycles. The Balaban J connectivity index is 2.50. The maximum Gasteiger partial charge on any atom is 0.347 e. The van der Waals surface area contributed by atoms with Gasteiger partial charge in [0.05, 0.1) is 0 Å². The summed E-state index contributed by atoms with van der Waals surface area (Å²) in [5, 5.41) is 11.9. The van der Waals surface area contributed by atoms with Gasteiger partial charge in [0.1, 0.15) is 16.7 Å². The zero-order valence-corrected chi connectivity index (χ0v) is 10.6. The minimum absolute atomic E-state index is 0.000420. The van der Waals surface area contributed by atoms with E-state index in [0.717, 1.165) is 29.2 Å². The Morgan fingerprint density at radius 2 is 1.95 bits per heavy atom. The first-order valence-electron chi connectivity index (χ1n) is 6.38. The minimum Gasteiger partial charge on any atom is -0.507 e. The second-order valence-corrected chi connectivity index (χ2v) is 4.67. The van der Waals surface area contributed by atoms with E-state index in [2.05, 4.69) is 6.92 Å². The summed E-state index contributed by atoms with van der Waals surface area (Å²) in [7, 11) is 0. The molecule has 19 heavy (non-hydrogen) atoms. The van der Waals surface area contributed by atoms with Crippen molar-refractivity contribution in [3.8, 4) is 5.75 Å². The Morgan fingerprint density at radius 3 is 2.74 bits per heavy atom. The number of hydrogen-bond acceptors (Lipinski definition) is 3. The van der Waals surface area contributed by atoms with E-state index >= 15 is 0 Å². The van der Waals surface area contributed by atoms with E-state index in [1.807, 2.05) is 24.3 Å². The van der Waals surface area contributed by atoms with Gasteiger partial charge in [-0.15, -0.1) is 0 Å². The topological polar surface area (TPSA) is 50.4 Å². The summed E-state index contributed by atoms with van der Waals surface area (Å²) in [6, 6.07) is 11.0. The van der Waals surface area contributed by atoms with Gasteiger partial charge in [-0.05, 0) is 30.2 Å². The highest BCUT2D eigenvalue weighted by Crippen LogP contribution is 2.30. The fourth-order valence-electron chi connectivity index (χ4n) is 2.47. The second kappa shape index (κ2) is 4.43. The maximum atomic E-state index is 12.0. The van der Waals surface area contributed by atoms with Gasteiger partial charge in [0.25, 0.3) is 0 Å². The smallest absolute Gasteiger partial charge is 0.347 e. The van der Waals surface area contributed by atoms with Crippen molar-refractivity contribution in [3.05, 3.63) is 52.4 Å². The molecule has 0 atom stereocenters. The molecule has 1 heterocycles. The van der Waals surface area contributed by atoms with Crippen molar-refractivity contribution >= 4 is 21.7 Å². The molecule has 0 radical (unpaired) electrons. The first kappa shape index (κ1) is 11.8. The molecule has 0 spiro atoms. The molecule has 0 unspecified atom stereocenters. The van der Waals surface area contributed by atoms with E-state index < -0.39 is 5.63 Å². The van der Waals surface area contributed by atoms with Crippen LogP contribution in [0.25, 0.3) is 21.7 Å². The molecule has 3 aromatic rings. The molecule has 1 N–H and O–H groups in total. The van der Waals surface area contributed by atoms with Crippen molar-refractivity contribution in [3.63, 3.8) is 0 Å². The second-order valence-electron chi connectivity index (χ2n) is 4.67. The molecule has 3 nitrogen and oxygen atoms in total. The predicted octanol–water partition coefficient (Wildman–Crippen LogP) is 3.60. The number of aryl methyl sites for hydroxylation is 1. The normalized spacial score (nSPS) is 11.2. The fraction of sp³-hybridized carbons (Fsp3) is 0.188. The summed E-state index contributed by atoms with van der Waals surface area (Å²) in [4.78, 5) is 12.0. The van der Waals surface area contributed by atoms with Crippen LogP contribution in [-0.2, 0) is 6.42 Å². The van der Waals surface area contributed by atoms with E-state index in [9.17, 15) is 9.90 Å². The van der Waals surface area contributed by atoms with Gasteiger partial charge in [0.2, 0.25) is 0 Å². The first-order valence-corrected chi connectivity index (χ1v) is 6.38. The van der Waals surface area contributed by atoms with Crippen molar-refractivity contribution in [2.45, 2.75) is 19.8 Å². The monoisotopic (exact) mass is 254 g/mol. The molecular formula is C16H14O3. The molecule has 0 bridgehead atoms. The number of para-hydroxylation sites is 1. The van der Waals surface area contributed by atoms with Crippen LogP contribution < -0.4 is 5.63 Å². The summed E-state index contributed by atoms with van der Waals surface area (Å²) in [5.74, 6) is 0.000420. The molecule has 0 amide bonds. The molecule has 3 heteroatoms. The van der Waals surface area contributed by atoms with E-state index in [-0.39, 0.29) is 11.1 Å². The molecule has 0 aliphatic rings. The van der Waals surface area contributed by atoms with Crippen LogP contribution in [0.2, 0.25) is 0 Å². The Kier molecular flexibility index (Phi) is 2.75. The number of hydrogen-bond donors (Lipinski definition) is 1. The van der Waals surface area contributed by atoms with Crippen molar-refractivity contribution in [2.24, 2.45) is 0 Å². The fourth-order valence-corrected chi connectivity index (χ4v) is 2.47. The number of phenols is 1. The van der Waals surface area contributed by atoms with Crippen LogP contribution in [-0.4, -0.2) is 5.11 Å². The molecule has 1 aromatic heterocycles. The maximum absolute atomic E-state index is 12.0. The molecule has 0 aliphatic carbocycles. The predicted molar refractivity (Wildman–Crippen MR) is 75.6 cm³/mol. The SMILES string of the molecule is CCCc1cc(O)c2c(=O)oc3ccccc3c2c1. The zero-order valence-electron chi connectivity index (χ0n) is 10.6. The van der Waals surface area contributed by atoms with Crippen LogP contribution >= 0.6 is 0 Å². The Morgan fingerprint density at radius 1 is 1.16 bits per heavy atom. The number of fused-ring (bicyclic) bond motifs is 3. The molecule has 0 fully saturated rings. The third-order valence-electron chi connectivity index (χ3n) is 3.30. The largest absolute Gasteiger partial charge is 0.507 e. The van der Waals surface area contributed by atoms with E-state index in [0.29, 0.717) is 5.58 Å². The standard InChI is InChI=1S/C16H14O3/c1-2-5-10-8-12-11-6-3-4-7-14(11)19-16(18)15(12)13(17)9-10/h3-4,6-9,17H,2,5H2,1H3. The van der Waals surface area contributed by atoms with Crippen molar-refractivity contribution in [1.82, 2.24) is 0 Å². The van der Waals surface area contributed by atoms with Gasteiger partial charge in [-0.2, -0.15) is 0 Å². The van der Waals surface area contributed by atoms with E-state index in [4.69, 9.17) is 4.42 Å². The first-order chi connectivity index (χ1) is 9.20. The van der Waals surface area contributed by atoms with Gasteiger partial charge in [-0.1, -0.05) is 31.5 Å². The van der Waals surface area contributed by atoms with Crippen LogP contribution in [0.1, 0.15) is 18.9 Å². The highest BCUT2D eigenvalue weighted by Gasteiger charge is 2.12. The van der Waals surface area contributed by atoms with E-state index in [1.54, 1.807) is 12.1 Å². The van der Waals surface area contributed by atoms with Crippen LogP contribution in [0.4, 0.5) is 0 Å². The van der Waals surface area contributed by atoms with Crippen molar-refractivity contribution < 1.29 is 9.52 Å². The molecule has 2 aromatic carbocycles. The summed E-state index contributed by atoms with van der Waals surface area (Å²) < 4.78 is 5.24. The third-order valence-corrected chi connectivity index (χ3v) is 3.30. The number of benzene rings is 2. The third kappa shape index (κ3) is 1.87. The lowest BCUT2D eigenvalue weighted by molar-refractivity contribution is 0.477. The average Bonchev–Trinajstić information content (AvgIpc) is 2.38. The Hall–Kier alpha value is -2.29. The summed E-state index contributed by atoms with van der Waals surface area (Å²) in [5.41, 5.74) is 1.09. The summed E-state index contributed by atoms with van der Waals surface area (Å²) in [6.45, 7) is 2.08. The Bertz CT molecular complexity index is 815. The van der Waals surface area contributed by atoms with Crippen molar-refractivity contribution in [1.29, 1.82) is 0 Å². The summed E-state index contributed by atoms with van der Waals surface area (Å²) in [6.07, 6.45) is 1.86. The van der Waals surface area contributed by atoms with Crippen LogP contribution in [0.15, 0.2) is 45.6 Å². The molecular weight excluding hydrogens is 240 g/mol. The number of phenolic OH excluding ortho intramolecular Hbond substituents is 1. The van der Waals surface area contributed by atoms with E-state index in [1.165, 1.54) is 0 Å². The zero-order chi connectivity index (χ0) is 13.4. The molecule has 3 rings (SSSR count).